The summed E-state index contributed by atoms with van der Waals surface area (Å²) in [5.41, 5.74) is 0. The second kappa shape index (κ2) is 2.58. The highest BCUT2D eigenvalue weighted by atomic mass is 16.7. The quantitative estimate of drug-likeness (QED) is 0.437. The summed E-state index contributed by atoms with van der Waals surface area (Å²) < 4.78 is 4.72. The van der Waals surface area contributed by atoms with Gasteiger partial charge in [0.1, 0.15) is 0 Å². The largest absolute Gasteiger partial charge is 0.433 e. The summed E-state index contributed by atoms with van der Waals surface area (Å²) in [5, 5.41) is 9.42. The maximum Gasteiger partial charge on any atom is 0.305 e. The Morgan fingerprint density at radius 2 is 2.00 bits per heavy atom. The lowest BCUT2D eigenvalue weighted by Gasteiger charge is -2.20. The first-order valence-electron chi connectivity index (χ1n) is 3.54. The maximum atomic E-state index is 10.4. The van der Waals surface area contributed by atoms with Crippen molar-refractivity contribution in [3.05, 3.63) is 0 Å². The zero-order chi connectivity index (χ0) is 7.61. The Morgan fingerprint density at radius 1 is 1.50 bits per heavy atom. The van der Waals surface area contributed by atoms with E-state index >= 15 is 0 Å². The highest BCUT2D eigenvalue weighted by Gasteiger charge is 2.33. The summed E-state index contributed by atoms with van der Waals surface area (Å²) in [6.45, 7) is 1.32. The number of carbonyl (C=O) groups excluding carboxylic acids is 1. The van der Waals surface area contributed by atoms with Crippen LogP contribution >= 0.6 is 0 Å². The summed E-state index contributed by atoms with van der Waals surface area (Å²) in [7, 11) is 0. The molecule has 1 rings (SSSR count). The fourth-order valence-electron chi connectivity index (χ4n) is 1.30. The van der Waals surface area contributed by atoms with Crippen LogP contribution in [0.3, 0.4) is 0 Å². The van der Waals surface area contributed by atoms with E-state index in [1.165, 1.54) is 6.92 Å². The molecule has 0 aliphatic heterocycles. The van der Waals surface area contributed by atoms with Crippen LogP contribution in [0.1, 0.15) is 32.6 Å². The molecule has 58 valence electrons. The first-order chi connectivity index (χ1) is 4.62. The van der Waals surface area contributed by atoms with E-state index in [0.29, 0.717) is 12.8 Å². The maximum absolute atomic E-state index is 10.4. The van der Waals surface area contributed by atoms with E-state index in [2.05, 4.69) is 0 Å². The van der Waals surface area contributed by atoms with Gasteiger partial charge in [0.2, 0.25) is 5.79 Å². The van der Waals surface area contributed by atoms with Gasteiger partial charge in [0, 0.05) is 19.8 Å². The van der Waals surface area contributed by atoms with Gasteiger partial charge in [0.05, 0.1) is 0 Å². The van der Waals surface area contributed by atoms with Gasteiger partial charge in [0.15, 0.2) is 0 Å². The van der Waals surface area contributed by atoms with Crippen molar-refractivity contribution in [3.8, 4) is 0 Å². The predicted octanol–water partition coefficient (Wildman–Crippen LogP) is 0.812. The van der Waals surface area contributed by atoms with Crippen LogP contribution in [0.25, 0.3) is 0 Å². The smallest absolute Gasteiger partial charge is 0.305 e. The predicted molar refractivity (Wildman–Crippen MR) is 35.2 cm³/mol. The Balaban J connectivity index is 2.43. The zero-order valence-corrected chi connectivity index (χ0v) is 6.09. The van der Waals surface area contributed by atoms with Crippen LogP contribution in [0.4, 0.5) is 0 Å². The number of hydrogen-bond donors (Lipinski definition) is 1. The third-order valence-electron chi connectivity index (χ3n) is 1.72. The summed E-state index contributed by atoms with van der Waals surface area (Å²) >= 11 is 0. The fraction of sp³-hybridized carbons (Fsp3) is 0.857. The summed E-state index contributed by atoms with van der Waals surface area (Å²) in [5.74, 6) is -1.53. The van der Waals surface area contributed by atoms with Crippen molar-refractivity contribution in [2.24, 2.45) is 0 Å². The van der Waals surface area contributed by atoms with Gasteiger partial charge in [-0.15, -0.1) is 0 Å². The molecule has 10 heavy (non-hydrogen) atoms. The molecule has 0 bridgehead atoms. The summed E-state index contributed by atoms with van der Waals surface area (Å²) in [4.78, 5) is 10.4. The van der Waals surface area contributed by atoms with Crippen LogP contribution in [0, 0.1) is 0 Å². The van der Waals surface area contributed by atoms with E-state index in [4.69, 9.17) is 4.74 Å². The van der Waals surface area contributed by atoms with Gasteiger partial charge < -0.3 is 9.84 Å². The van der Waals surface area contributed by atoms with Gasteiger partial charge in [-0.2, -0.15) is 0 Å². The van der Waals surface area contributed by atoms with Crippen LogP contribution < -0.4 is 0 Å². The van der Waals surface area contributed by atoms with Crippen LogP contribution in [-0.4, -0.2) is 16.9 Å². The second-order valence-corrected chi connectivity index (χ2v) is 2.75. The molecule has 1 aliphatic carbocycles. The van der Waals surface area contributed by atoms with Crippen molar-refractivity contribution in [3.63, 3.8) is 0 Å². The van der Waals surface area contributed by atoms with E-state index in [0.717, 1.165) is 12.8 Å². The lowest BCUT2D eigenvalue weighted by atomic mass is 10.2. The number of hydrogen-bond acceptors (Lipinski definition) is 3. The van der Waals surface area contributed by atoms with Crippen molar-refractivity contribution >= 4 is 5.97 Å². The Bertz CT molecular complexity index is 136. The Kier molecular flexibility index (Phi) is 1.94. The molecule has 0 radical (unpaired) electrons. The summed E-state index contributed by atoms with van der Waals surface area (Å²) in [6, 6.07) is 0. The molecule has 0 atom stereocenters. The van der Waals surface area contributed by atoms with Crippen LogP contribution in [0.5, 0.6) is 0 Å². The van der Waals surface area contributed by atoms with Crippen LogP contribution in [0.2, 0.25) is 0 Å². The zero-order valence-electron chi connectivity index (χ0n) is 6.09. The average Bonchev–Trinajstić information content (AvgIpc) is 2.12. The first kappa shape index (κ1) is 7.54. The molecule has 0 amide bonds. The van der Waals surface area contributed by atoms with E-state index < -0.39 is 11.8 Å². The third-order valence-corrected chi connectivity index (χ3v) is 1.72. The highest BCUT2D eigenvalue weighted by molar-refractivity contribution is 5.66. The Morgan fingerprint density at radius 3 is 2.40 bits per heavy atom. The van der Waals surface area contributed by atoms with E-state index in [-0.39, 0.29) is 0 Å². The van der Waals surface area contributed by atoms with Crippen molar-refractivity contribution in [1.82, 2.24) is 0 Å². The molecule has 1 N–H and O–H groups in total. The van der Waals surface area contributed by atoms with E-state index in [9.17, 15) is 9.90 Å². The molecular weight excluding hydrogens is 132 g/mol. The molecule has 0 aromatic rings. The third kappa shape index (κ3) is 1.70. The van der Waals surface area contributed by atoms with Crippen molar-refractivity contribution in [1.29, 1.82) is 0 Å². The van der Waals surface area contributed by atoms with Gasteiger partial charge in [-0.3, -0.25) is 4.79 Å². The van der Waals surface area contributed by atoms with E-state index in [1.54, 1.807) is 0 Å². The highest BCUT2D eigenvalue weighted by Crippen LogP contribution is 2.30. The monoisotopic (exact) mass is 144 g/mol. The number of carbonyl (C=O) groups is 1. The minimum atomic E-state index is -1.13. The first-order valence-corrected chi connectivity index (χ1v) is 3.54. The van der Waals surface area contributed by atoms with Crippen LogP contribution in [0.15, 0.2) is 0 Å². The topological polar surface area (TPSA) is 46.5 Å². The van der Waals surface area contributed by atoms with Crippen LogP contribution in [-0.2, 0) is 9.53 Å². The molecule has 0 unspecified atom stereocenters. The molecule has 1 saturated carbocycles. The lowest BCUT2D eigenvalue weighted by molar-refractivity contribution is -0.203. The average molecular weight is 144 g/mol. The Labute approximate surface area is 60.0 Å². The standard InChI is InChI=1S/C7H12O3/c1-6(8)10-7(9)4-2-3-5-7/h9H,2-5H2,1H3. The minimum absolute atomic E-state index is 0.399. The fourth-order valence-corrected chi connectivity index (χ4v) is 1.30. The normalized spacial score (nSPS) is 22.6. The molecule has 1 fully saturated rings. The molecule has 0 heterocycles. The van der Waals surface area contributed by atoms with Gasteiger partial charge in [-0.25, -0.2) is 0 Å². The summed E-state index contributed by atoms with van der Waals surface area (Å²) in [6.07, 6.45) is 3.08. The van der Waals surface area contributed by atoms with Gasteiger partial charge in [-0.1, -0.05) is 0 Å². The van der Waals surface area contributed by atoms with Gasteiger partial charge >= 0.3 is 5.97 Å². The molecule has 0 aromatic carbocycles. The van der Waals surface area contributed by atoms with Gasteiger partial charge in [-0.05, 0) is 12.8 Å². The molecule has 0 saturated heterocycles. The molecule has 3 nitrogen and oxygen atoms in total. The molecule has 3 heteroatoms. The SMILES string of the molecule is CC(=O)OC1(O)CCCC1. The van der Waals surface area contributed by atoms with Gasteiger partial charge in [0.25, 0.3) is 0 Å². The number of aliphatic hydroxyl groups is 1. The minimum Gasteiger partial charge on any atom is -0.433 e. The lowest BCUT2D eigenvalue weighted by Crippen LogP contribution is -2.30. The Hall–Kier alpha value is -0.570. The molecular formula is C7H12O3. The second-order valence-electron chi connectivity index (χ2n) is 2.75. The van der Waals surface area contributed by atoms with E-state index in [1.807, 2.05) is 0 Å². The molecule has 0 spiro atoms. The van der Waals surface area contributed by atoms with Crippen molar-refractivity contribution in [2.45, 2.75) is 38.4 Å². The molecule has 1 aliphatic rings. The number of rotatable bonds is 1. The number of ether oxygens (including phenoxy) is 1. The number of esters is 1. The molecule has 0 aromatic heterocycles. The van der Waals surface area contributed by atoms with Crippen molar-refractivity contribution in [2.75, 3.05) is 0 Å². The van der Waals surface area contributed by atoms with Crippen molar-refractivity contribution < 1.29 is 14.6 Å².